The molecule has 12 heavy (non-hydrogen) atoms. The normalized spacial score (nSPS) is 43.2. The van der Waals surface area contributed by atoms with Gasteiger partial charge in [-0.1, -0.05) is 19.3 Å². The lowest BCUT2D eigenvalue weighted by Crippen LogP contribution is -2.52. The van der Waals surface area contributed by atoms with Crippen LogP contribution in [0.2, 0.25) is 0 Å². The molecule has 1 aliphatic carbocycles. The van der Waals surface area contributed by atoms with Crippen molar-refractivity contribution in [1.82, 2.24) is 5.32 Å². The van der Waals surface area contributed by atoms with Gasteiger partial charge < -0.3 is 10.1 Å². The highest BCUT2D eigenvalue weighted by molar-refractivity contribution is 4.85. The molecule has 3 unspecified atom stereocenters. The summed E-state index contributed by atoms with van der Waals surface area (Å²) in [7, 11) is 0. The van der Waals surface area contributed by atoms with Crippen LogP contribution in [0, 0.1) is 0 Å². The fourth-order valence-corrected chi connectivity index (χ4v) is 2.35. The fourth-order valence-electron chi connectivity index (χ4n) is 2.35. The van der Waals surface area contributed by atoms with Crippen LogP contribution in [0.15, 0.2) is 0 Å². The molecule has 2 heteroatoms. The monoisotopic (exact) mass is 169 g/mol. The Morgan fingerprint density at radius 2 is 2.00 bits per heavy atom. The molecule has 2 aliphatic rings. The molecule has 0 aromatic rings. The van der Waals surface area contributed by atoms with Crippen LogP contribution in [0.3, 0.4) is 0 Å². The second kappa shape index (κ2) is 3.75. The summed E-state index contributed by atoms with van der Waals surface area (Å²) in [6, 6.07) is 1.21. The van der Waals surface area contributed by atoms with Crippen molar-refractivity contribution in [3.8, 4) is 0 Å². The van der Waals surface area contributed by atoms with Crippen LogP contribution in [0.25, 0.3) is 0 Å². The molecule has 70 valence electrons. The number of nitrogens with one attached hydrogen (secondary N) is 1. The SMILES string of the molecule is CC1COC2CCCCCC2N1. The molecule has 2 fully saturated rings. The minimum absolute atomic E-state index is 0.517. The van der Waals surface area contributed by atoms with E-state index in [1.165, 1.54) is 32.1 Å². The van der Waals surface area contributed by atoms with Crippen molar-refractivity contribution >= 4 is 0 Å². The molecule has 0 aromatic carbocycles. The zero-order valence-electron chi connectivity index (χ0n) is 7.88. The van der Waals surface area contributed by atoms with Gasteiger partial charge in [-0.3, -0.25) is 0 Å². The zero-order valence-corrected chi connectivity index (χ0v) is 7.88. The Morgan fingerprint density at radius 1 is 1.17 bits per heavy atom. The molecule has 2 rings (SSSR count). The molecule has 0 amide bonds. The Balaban J connectivity index is 1.94. The van der Waals surface area contributed by atoms with E-state index in [1.54, 1.807) is 0 Å². The van der Waals surface area contributed by atoms with Crippen molar-refractivity contribution in [2.75, 3.05) is 6.61 Å². The topological polar surface area (TPSA) is 21.3 Å². The minimum atomic E-state index is 0.517. The summed E-state index contributed by atoms with van der Waals surface area (Å²) in [5, 5.41) is 3.63. The van der Waals surface area contributed by atoms with Crippen LogP contribution in [0.5, 0.6) is 0 Å². The molecule has 1 saturated heterocycles. The van der Waals surface area contributed by atoms with Crippen molar-refractivity contribution in [2.24, 2.45) is 0 Å². The highest BCUT2D eigenvalue weighted by Gasteiger charge is 2.29. The molecule has 0 radical (unpaired) electrons. The summed E-state index contributed by atoms with van der Waals surface area (Å²) in [6.07, 6.45) is 7.23. The molecule has 1 saturated carbocycles. The standard InChI is InChI=1S/C10H19NO/c1-8-7-12-10-6-4-2-3-5-9(10)11-8/h8-11H,2-7H2,1H3. The van der Waals surface area contributed by atoms with E-state index in [0.717, 1.165) is 6.61 Å². The van der Waals surface area contributed by atoms with Gasteiger partial charge in [-0.05, 0) is 19.8 Å². The highest BCUT2D eigenvalue weighted by Crippen LogP contribution is 2.23. The van der Waals surface area contributed by atoms with E-state index in [2.05, 4.69) is 12.2 Å². The van der Waals surface area contributed by atoms with Gasteiger partial charge in [0.2, 0.25) is 0 Å². The number of hydrogen-bond donors (Lipinski definition) is 1. The first kappa shape index (κ1) is 8.52. The van der Waals surface area contributed by atoms with Gasteiger partial charge >= 0.3 is 0 Å². The van der Waals surface area contributed by atoms with Crippen LogP contribution in [-0.2, 0) is 4.74 Å². The second-order valence-corrected chi connectivity index (χ2v) is 4.18. The van der Waals surface area contributed by atoms with Crippen molar-refractivity contribution < 1.29 is 4.74 Å². The van der Waals surface area contributed by atoms with Crippen LogP contribution >= 0.6 is 0 Å². The van der Waals surface area contributed by atoms with E-state index < -0.39 is 0 Å². The quantitative estimate of drug-likeness (QED) is 0.596. The molecule has 0 bridgehead atoms. The Labute approximate surface area is 74.7 Å². The molecule has 1 N–H and O–H groups in total. The molecule has 0 spiro atoms. The van der Waals surface area contributed by atoms with Gasteiger partial charge in [0.1, 0.15) is 0 Å². The molecule has 3 atom stereocenters. The van der Waals surface area contributed by atoms with Crippen LogP contribution < -0.4 is 5.32 Å². The Hall–Kier alpha value is -0.0800. The lowest BCUT2D eigenvalue weighted by atomic mass is 10.0. The van der Waals surface area contributed by atoms with Gasteiger partial charge in [0, 0.05) is 12.1 Å². The zero-order chi connectivity index (χ0) is 8.39. The predicted molar refractivity (Wildman–Crippen MR) is 49.2 cm³/mol. The first-order valence-electron chi connectivity index (χ1n) is 5.24. The van der Waals surface area contributed by atoms with Crippen molar-refractivity contribution in [3.63, 3.8) is 0 Å². The van der Waals surface area contributed by atoms with E-state index in [9.17, 15) is 0 Å². The van der Waals surface area contributed by atoms with Gasteiger partial charge in [0.15, 0.2) is 0 Å². The number of hydrogen-bond acceptors (Lipinski definition) is 2. The molecular weight excluding hydrogens is 150 g/mol. The van der Waals surface area contributed by atoms with Gasteiger partial charge in [-0.25, -0.2) is 0 Å². The Morgan fingerprint density at radius 3 is 2.92 bits per heavy atom. The van der Waals surface area contributed by atoms with Crippen LogP contribution in [0.1, 0.15) is 39.0 Å². The highest BCUT2D eigenvalue weighted by atomic mass is 16.5. The fraction of sp³-hybridized carbons (Fsp3) is 1.00. The van der Waals surface area contributed by atoms with Gasteiger partial charge in [0.25, 0.3) is 0 Å². The molecule has 0 aromatic heterocycles. The third-order valence-corrected chi connectivity index (χ3v) is 3.01. The van der Waals surface area contributed by atoms with E-state index in [4.69, 9.17) is 4.74 Å². The maximum absolute atomic E-state index is 5.81. The first-order valence-corrected chi connectivity index (χ1v) is 5.24. The van der Waals surface area contributed by atoms with Gasteiger partial charge in [0.05, 0.1) is 12.7 Å². The maximum Gasteiger partial charge on any atom is 0.0728 e. The first-order chi connectivity index (χ1) is 5.86. The van der Waals surface area contributed by atoms with Crippen molar-refractivity contribution in [1.29, 1.82) is 0 Å². The van der Waals surface area contributed by atoms with Crippen LogP contribution in [0.4, 0.5) is 0 Å². The summed E-state index contributed by atoms with van der Waals surface area (Å²) < 4.78 is 5.81. The maximum atomic E-state index is 5.81. The van der Waals surface area contributed by atoms with Crippen molar-refractivity contribution in [3.05, 3.63) is 0 Å². The molecule has 2 nitrogen and oxygen atoms in total. The molecule has 1 aliphatic heterocycles. The average molecular weight is 169 g/mol. The Bertz CT molecular complexity index is 149. The van der Waals surface area contributed by atoms with Gasteiger partial charge in [-0.2, -0.15) is 0 Å². The average Bonchev–Trinajstić information content (AvgIpc) is 2.28. The Kier molecular flexibility index (Phi) is 2.66. The number of fused-ring (bicyclic) bond motifs is 1. The third-order valence-electron chi connectivity index (χ3n) is 3.01. The lowest BCUT2D eigenvalue weighted by molar-refractivity contribution is -0.0266. The van der Waals surface area contributed by atoms with E-state index in [0.29, 0.717) is 18.2 Å². The van der Waals surface area contributed by atoms with Gasteiger partial charge in [-0.15, -0.1) is 0 Å². The van der Waals surface area contributed by atoms with E-state index in [1.807, 2.05) is 0 Å². The number of rotatable bonds is 0. The predicted octanol–water partition coefficient (Wildman–Crippen LogP) is 1.70. The van der Waals surface area contributed by atoms with E-state index >= 15 is 0 Å². The van der Waals surface area contributed by atoms with Crippen molar-refractivity contribution in [2.45, 2.75) is 57.2 Å². The molecular formula is C10H19NO. The van der Waals surface area contributed by atoms with Crippen LogP contribution in [-0.4, -0.2) is 24.8 Å². The summed E-state index contributed by atoms with van der Waals surface area (Å²) >= 11 is 0. The third kappa shape index (κ3) is 1.80. The number of morpholine rings is 1. The van der Waals surface area contributed by atoms with E-state index in [-0.39, 0.29) is 0 Å². The lowest BCUT2D eigenvalue weighted by Gasteiger charge is -2.35. The summed E-state index contributed by atoms with van der Waals surface area (Å²) in [6.45, 7) is 3.11. The second-order valence-electron chi connectivity index (χ2n) is 4.18. The molecule has 1 heterocycles. The summed E-state index contributed by atoms with van der Waals surface area (Å²) in [5.74, 6) is 0. The summed E-state index contributed by atoms with van der Waals surface area (Å²) in [4.78, 5) is 0. The number of ether oxygens (including phenoxy) is 1. The summed E-state index contributed by atoms with van der Waals surface area (Å²) in [5.41, 5.74) is 0. The minimum Gasteiger partial charge on any atom is -0.375 e. The largest absolute Gasteiger partial charge is 0.375 e. The smallest absolute Gasteiger partial charge is 0.0728 e.